The number of nitrogens with zero attached hydrogens (tertiary/aromatic N) is 2. The molecule has 2 fully saturated rings. The Labute approximate surface area is 210 Å². The number of carboxylic acid groups (broad SMARTS) is 2. The van der Waals surface area contributed by atoms with Crippen molar-refractivity contribution in [2.75, 3.05) is 36.3 Å². The fourth-order valence-electron chi connectivity index (χ4n) is 2.73. The van der Waals surface area contributed by atoms with Crippen LogP contribution in [0.3, 0.4) is 0 Å². The number of thioether (sulfide) groups is 2. The van der Waals surface area contributed by atoms with Gasteiger partial charge in [0, 0.05) is 36.7 Å². The Kier molecular flexibility index (Phi) is 16.7. The Morgan fingerprint density at radius 1 is 0.794 bits per heavy atom. The number of carboxylic acids is 2. The summed E-state index contributed by atoms with van der Waals surface area (Å²) >= 11 is 3.59. The topological polar surface area (TPSA) is 167 Å². The average Bonchev–Trinajstić information content (AvgIpc) is 3.55. The molecule has 0 saturated carbocycles. The van der Waals surface area contributed by atoms with E-state index in [9.17, 15) is 19.2 Å². The summed E-state index contributed by atoms with van der Waals surface area (Å²) < 4.78 is 0. The van der Waals surface area contributed by atoms with Crippen molar-refractivity contribution in [3.05, 3.63) is 12.2 Å². The van der Waals surface area contributed by atoms with E-state index in [1.54, 1.807) is 23.5 Å². The van der Waals surface area contributed by atoms with E-state index < -0.39 is 11.9 Å². The lowest BCUT2D eigenvalue weighted by atomic mass is 9.99. The van der Waals surface area contributed by atoms with Crippen LogP contribution in [0.15, 0.2) is 12.2 Å². The first-order chi connectivity index (χ1) is 16.0. The molecule has 0 aromatic rings. The van der Waals surface area contributed by atoms with Crippen molar-refractivity contribution in [3.8, 4) is 0 Å². The molecule has 34 heavy (non-hydrogen) atoms. The summed E-state index contributed by atoms with van der Waals surface area (Å²) in [5, 5.41) is 15.6. The van der Waals surface area contributed by atoms with Crippen molar-refractivity contribution in [2.45, 2.75) is 52.6 Å². The average molecular weight is 521 g/mol. The van der Waals surface area contributed by atoms with Crippen LogP contribution in [0.1, 0.15) is 40.5 Å². The summed E-state index contributed by atoms with van der Waals surface area (Å²) in [7, 11) is 0. The number of hydrogen-bond donors (Lipinski definition) is 4. The quantitative estimate of drug-likeness (QED) is 0.344. The number of aliphatic carboxylic acids is 2. The highest BCUT2D eigenvalue weighted by atomic mass is 32.2. The number of rotatable bonds is 8. The standard InChI is InChI=1S/2C9H18N2OS.C4H4O4/c2*1-3-7(2)8(10)9(12)11-4-5-13-6-11;5-3(6)1-2-4(7)8/h2*7-8H,3-6,10H2,1-2H3;1-2H,(H,5,6)(H,7,8)/b;;2-1+/t2*7-,8-;/m00./s1. The summed E-state index contributed by atoms with van der Waals surface area (Å²) in [5.41, 5.74) is 11.7. The highest BCUT2D eigenvalue weighted by molar-refractivity contribution is 7.99. The third-order valence-electron chi connectivity index (χ3n) is 5.58. The van der Waals surface area contributed by atoms with Gasteiger partial charge in [0.2, 0.25) is 11.8 Å². The second-order valence-corrected chi connectivity index (χ2v) is 10.3. The van der Waals surface area contributed by atoms with Crippen LogP contribution in [0, 0.1) is 11.8 Å². The Morgan fingerprint density at radius 3 is 1.32 bits per heavy atom. The molecule has 0 bridgehead atoms. The van der Waals surface area contributed by atoms with Gasteiger partial charge < -0.3 is 31.5 Å². The highest BCUT2D eigenvalue weighted by Gasteiger charge is 2.27. The van der Waals surface area contributed by atoms with Gasteiger partial charge in [-0.3, -0.25) is 9.59 Å². The molecule has 2 saturated heterocycles. The van der Waals surface area contributed by atoms with E-state index in [1.807, 2.05) is 23.6 Å². The molecule has 4 atom stereocenters. The Balaban J connectivity index is 0.000000497. The van der Waals surface area contributed by atoms with Crippen LogP contribution in [0.2, 0.25) is 0 Å². The number of carbonyl (C=O) groups is 4. The van der Waals surface area contributed by atoms with Gasteiger partial charge in [-0.15, -0.1) is 23.5 Å². The maximum Gasteiger partial charge on any atom is 0.328 e. The summed E-state index contributed by atoms with van der Waals surface area (Å²) in [6.45, 7) is 9.94. The lowest BCUT2D eigenvalue weighted by molar-refractivity contribution is -0.134. The molecule has 6 N–H and O–H groups in total. The zero-order valence-electron chi connectivity index (χ0n) is 20.5. The summed E-state index contributed by atoms with van der Waals surface area (Å²) in [5.74, 6) is 2.07. The number of hydrogen-bond acceptors (Lipinski definition) is 8. The van der Waals surface area contributed by atoms with Crippen molar-refractivity contribution in [2.24, 2.45) is 23.3 Å². The molecule has 10 nitrogen and oxygen atoms in total. The molecular formula is C22H40N4O6S2. The molecule has 2 rings (SSSR count). The Bertz CT molecular complexity index is 626. The largest absolute Gasteiger partial charge is 0.478 e. The van der Waals surface area contributed by atoms with Crippen LogP contribution in [0.4, 0.5) is 0 Å². The second-order valence-electron chi connectivity index (χ2n) is 8.11. The first-order valence-electron chi connectivity index (χ1n) is 11.3. The van der Waals surface area contributed by atoms with Crippen LogP contribution >= 0.6 is 23.5 Å². The second kappa shape index (κ2) is 17.6. The molecule has 2 aliphatic rings. The monoisotopic (exact) mass is 520 g/mol. The van der Waals surface area contributed by atoms with Crippen LogP contribution in [0.25, 0.3) is 0 Å². The lowest BCUT2D eigenvalue weighted by Gasteiger charge is -2.23. The molecule has 0 spiro atoms. The minimum atomic E-state index is -1.26. The van der Waals surface area contributed by atoms with E-state index in [-0.39, 0.29) is 35.7 Å². The smallest absolute Gasteiger partial charge is 0.328 e. The van der Waals surface area contributed by atoms with Gasteiger partial charge >= 0.3 is 11.9 Å². The van der Waals surface area contributed by atoms with E-state index in [0.717, 1.165) is 49.2 Å². The van der Waals surface area contributed by atoms with Gasteiger partial charge in [0.05, 0.1) is 23.8 Å². The van der Waals surface area contributed by atoms with Crippen LogP contribution < -0.4 is 11.5 Å². The number of nitrogens with two attached hydrogens (primary N) is 2. The van der Waals surface area contributed by atoms with Gasteiger partial charge in [-0.25, -0.2) is 9.59 Å². The van der Waals surface area contributed by atoms with E-state index >= 15 is 0 Å². The van der Waals surface area contributed by atoms with Gasteiger partial charge in [0.25, 0.3) is 0 Å². The zero-order valence-corrected chi connectivity index (χ0v) is 22.1. The van der Waals surface area contributed by atoms with E-state index in [4.69, 9.17) is 21.7 Å². The van der Waals surface area contributed by atoms with Crippen molar-refractivity contribution >= 4 is 47.3 Å². The van der Waals surface area contributed by atoms with Crippen molar-refractivity contribution in [3.63, 3.8) is 0 Å². The van der Waals surface area contributed by atoms with Crippen molar-refractivity contribution in [1.29, 1.82) is 0 Å². The minimum Gasteiger partial charge on any atom is -0.478 e. The minimum absolute atomic E-state index is 0.124. The maximum atomic E-state index is 11.7. The Hall–Kier alpha value is -1.76. The van der Waals surface area contributed by atoms with Gasteiger partial charge in [0.1, 0.15) is 0 Å². The van der Waals surface area contributed by atoms with Crippen molar-refractivity contribution in [1.82, 2.24) is 9.80 Å². The molecule has 2 heterocycles. The maximum absolute atomic E-state index is 11.7. The molecule has 0 aromatic carbocycles. The summed E-state index contributed by atoms with van der Waals surface area (Å²) in [6.07, 6.45) is 3.05. The van der Waals surface area contributed by atoms with E-state index in [0.29, 0.717) is 12.2 Å². The molecule has 2 amide bonds. The number of amides is 2. The third-order valence-corrected chi connectivity index (χ3v) is 7.51. The van der Waals surface area contributed by atoms with Crippen molar-refractivity contribution < 1.29 is 29.4 Å². The normalized spacial score (nSPS) is 18.8. The van der Waals surface area contributed by atoms with Gasteiger partial charge in [-0.05, 0) is 11.8 Å². The van der Waals surface area contributed by atoms with Crippen LogP contribution in [-0.4, -0.2) is 92.2 Å². The molecule has 0 aliphatic carbocycles. The van der Waals surface area contributed by atoms with Crippen LogP contribution in [-0.2, 0) is 19.2 Å². The zero-order chi connectivity index (χ0) is 26.3. The van der Waals surface area contributed by atoms with E-state index in [2.05, 4.69) is 13.8 Å². The van der Waals surface area contributed by atoms with Gasteiger partial charge in [-0.2, -0.15) is 0 Å². The van der Waals surface area contributed by atoms with Crippen LogP contribution in [0.5, 0.6) is 0 Å². The first kappa shape index (κ1) is 32.2. The molecule has 12 heteroatoms. The molecule has 0 unspecified atom stereocenters. The summed E-state index contributed by atoms with van der Waals surface area (Å²) in [4.78, 5) is 46.3. The lowest BCUT2D eigenvalue weighted by Crippen LogP contribution is -2.45. The van der Waals surface area contributed by atoms with Gasteiger partial charge in [0.15, 0.2) is 0 Å². The SMILES string of the molecule is CC[C@H](C)[C@H](N)C(=O)N1CCSC1.CC[C@H](C)[C@H](N)C(=O)N1CCSC1.O=C(O)/C=C/C(=O)O. The fourth-order valence-corrected chi connectivity index (χ4v) is 4.65. The van der Waals surface area contributed by atoms with E-state index in [1.165, 1.54) is 0 Å². The van der Waals surface area contributed by atoms with Gasteiger partial charge in [-0.1, -0.05) is 40.5 Å². The third kappa shape index (κ3) is 12.6. The molecular weight excluding hydrogens is 480 g/mol. The fraction of sp³-hybridized carbons (Fsp3) is 0.727. The molecule has 0 aromatic heterocycles. The molecule has 196 valence electrons. The predicted molar refractivity (Wildman–Crippen MR) is 137 cm³/mol. The highest BCUT2D eigenvalue weighted by Crippen LogP contribution is 2.17. The molecule has 2 aliphatic heterocycles. The number of carbonyl (C=O) groups excluding carboxylic acids is 2. The summed E-state index contributed by atoms with van der Waals surface area (Å²) in [6, 6.07) is -0.604. The first-order valence-corrected chi connectivity index (χ1v) is 13.6. The Morgan fingerprint density at radius 2 is 1.12 bits per heavy atom. The molecule has 0 radical (unpaired) electrons. The predicted octanol–water partition coefficient (Wildman–Crippen LogP) is 1.50.